The predicted molar refractivity (Wildman–Crippen MR) is 99.1 cm³/mol. The van der Waals surface area contributed by atoms with Crippen molar-refractivity contribution in [2.24, 2.45) is 0 Å². The maximum absolute atomic E-state index is 12.5. The Morgan fingerprint density at radius 2 is 1.82 bits per heavy atom. The van der Waals surface area contributed by atoms with Crippen molar-refractivity contribution in [2.75, 3.05) is 13.1 Å². The third-order valence-corrected chi connectivity index (χ3v) is 4.65. The fourth-order valence-corrected chi connectivity index (χ4v) is 3.21. The third-order valence-electron chi connectivity index (χ3n) is 3.24. The summed E-state index contributed by atoms with van der Waals surface area (Å²) >= 11 is 11.5. The highest BCUT2D eigenvalue weighted by Gasteiger charge is 2.49. The monoisotopic (exact) mass is 465 g/mol. The fraction of sp³-hybridized carbons (Fsp3) is 0.562. The summed E-state index contributed by atoms with van der Waals surface area (Å²) in [6, 6.07) is 0. The van der Waals surface area contributed by atoms with Crippen LogP contribution in [0.2, 0.25) is 0 Å². The van der Waals surface area contributed by atoms with Gasteiger partial charge in [-0.25, -0.2) is 4.79 Å². The lowest BCUT2D eigenvalue weighted by atomic mass is 10.0. The fourth-order valence-electron chi connectivity index (χ4n) is 2.12. The molecule has 1 heterocycles. The summed E-state index contributed by atoms with van der Waals surface area (Å²) in [6.45, 7) is 8.82. The van der Waals surface area contributed by atoms with Gasteiger partial charge in [-0.15, -0.1) is 0 Å². The minimum atomic E-state index is -5.97. The van der Waals surface area contributed by atoms with Gasteiger partial charge < -0.3 is 13.8 Å². The molecular formula is C16H20Cl2F3NO5S. The number of ether oxygens (including phenoxy) is 1. The summed E-state index contributed by atoms with van der Waals surface area (Å²) in [5.41, 5.74) is -5.81. The number of allylic oxidation sites excluding steroid dienone is 3. The number of hydrogen-bond donors (Lipinski definition) is 0. The highest BCUT2D eigenvalue weighted by Crippen LogP contribution is 2.32. The topological polar surface area (TPSA) is 72.9 Å². The van der Waals surface area contributed by atoms with Crippen LogP contribution in [0, 0.1) is 0 Å². The van der Waals surface area contributed by atoms with Crippen molar-refractivity contribution in [3.05, 3.63) is 34.1 Å². The van der Waals surface area contributed by atoms with Crippen molar-refractivity contribution in [3.8, 4) is 0 Å². The standard InChI is InChI=1S/C16H20Cl2F3NO5S/c1-10(17)13(27-28(24,25)16(19,20)21)12(18)8-11-6-5-7-22(9-11)14(23)26-15(2,3)4/h8H,1,5-7,9H2,2-4H3/b11-8+,13-12-. The second kappa shape index (κ2) is 8.96. The van der Waals surface area contributed by atoms with Crippen LogP contribution < -0.4 is 0 Å². The van der Waals surface area contributed by atoms with Gasteiger partial charge in [-0.2, -0.15) is 21.6 Å². The molecule has 0 bridgehead atoms. The predicted octanol–water partition coefficient (Wildman–Crippen LogP) is 5.01. The molecule has 160 valence electrons. The molecule has 1 aliphatic heterocycles. The van der Waals surface area contributed by atoms with Crippen molar-refractivity contribution >= 4 is 39.4 Å². The summed E-state index contributed by atoms with van der Waals surface area (Å²) in [4.78, 5) is 13.5. The largest absolute Gasteiger partial charge is 0.534 e. The zero-order valence-corrected chi connectivity index (χ0v) is 17.7. The minimum Gasteiger partial charge on any atom is -0.444 e. The molecule has 0 atom stereocenters. The van der Waals surface area contributed by atoms with Crippen molar-refractivity contribution in [3.63, 3.8) is 0 Å². The van der Waals surface area contributed by atoms with E-state index in [1.165, 1.54) is 11.0 Å². The summed E-state index contributed by atoms with van der Waals surface area (Å²) in [5.74, 6) is -0.942. The van der Waals surface area contributed by atoms with Gasteiger partial charge in [0.2, 0.25) is 0 Å². The lowest BCUT2D eigenvalue weighted by Crippen LogP contribution is -2.40. The Bertz CT molecular complexity index is 798. The SMILES string of the molecule is C=C(Cl)/C(OS(=O)(=O)C(F)(F)F)=C(Cl)\C=C1/CCCN(C(=O)OC(C)(C)C)C1. The third kappa shape index (κ3) is 7.21. The van der Waals surface area contributed by atoms with Crippen LogP contribution in [0.15, 0.2) is 34.1 Å². The molecule has 1 fully saturated rings. The van der Waals surface area contributed by atoms with Gasteiger partial charge in [-0.3, -0.25) is 0 Å². The van der Waals surface area contributed by atoms with Gasteiger partial charge in [0, 0.05) is 13.1 Å². The summed E-state index contributed by atoms with van der Waals surface area (Å²) < 4.78 is 69.3. The lowest BCUT2D eigenvalue weighted by Gasteiger charge is -2.31. The Balaban J connectivity index is 3.10. The number of alkyl halides is 3. The van der Waals surface area contributed by atoms with Gasteiger partial charge >= 0.3 is 21.7 Å². The molecule has 0 aromatic carbocycles. The Kier molecular flexibility index (Phi) is 7.89. The van der Waals surface area contributed by atoms with Gasteiger partial charge in [0.15, 0.2) is 5.76 Å². The average Bonchev–Trinajstić information content (AvgIpc) is 2.49. The Hall–Kier alpha value is -1.39. The van der Waals surface area contributed by atoms with Crippen LogP contribution in [0.4, 0.5) is 18.0 Å². The molecule has 1 amide bonds. The zero-order valence-electron chi connectivity index (χ0n) is 15.4. The number of piperidine rings is 1. The van der Waals surface area contributed by atoms with Crippen molar-refractivity contribution < 1.29 is 35.3 Å². The van der Waals surface area contributed by atoms with E-state index in [2.05, 4.69) is 10.8 Å². The molecule has 1 rings (SSSR count). The van der Waals surface area contributed by atoms with E-state index >= 15 is 0 Å². The smallest absolute Gasteiger partial charge is 0.444 e. The van der Waals surface area contributed by atoms with Crippen LogP contribution in [0.25, 0.3) is 0 Å². The number of carbonyl (C=O) groups is 1. The van der Waals surface area contributed by atoms with Crippen LogP contribution in [-0.2, 0) is 19.0 Å². The highest BCUT2D eigenvalue weighted by atomic mass is 35.5. The van der Waals surface area contributed by atoms with Gasteiger partial charge in [0.05, 0.1) is 10.1 Å². The first kappa shape index (κ1) is 24.6. The molecule has 0 aromatic rings. The van der Waals surface area contributed by atoms with E-state index in [0.717, 1.165) is 0 Å². The molecule has 0 aromatic heterocycles. The maximum Gasteiger partial charge on any atom is 0.534 e. The number of halogens is 5. The van der Waals surface area contributed by atoms with Gasteiger partial charge in [0.25, 0.3) is 0 Å². The second-order valence-electron chi connectivity index (χ2n) is 6.87. The summed E-state index contributed by atoms with van der Waals surface area (Å²) in [7, 11) is -5.97. The number of rotatable bonds is 4. The highest BCUT2D eigenvalue weighted by molar-refractivity contribution is 7.87. The quantitative estimate of drug-likeness (QED) is 0.252. The lowest BCUT2D eigenvalue weighted by molar-refractivity contribution is -0.0520. The van der Waals surface area contributed by atoms with Gasteiger partial charge in [-0.05, 0) is 45.3 Å². The molecule has 0 radical (unpaired) electrons. The molecule has 0 N–H and O–H groups in total. The minimum absolute atomic E-state index is 0.0964. The number of carbonyl (C=O) groups excluding carboxylic acids is 1. The van der Waals surface area contributed by atoms with E-state index in [-0.39, 0.29) is 6.54 Å². The van der Waals surface area contributed by atoms with Crippen molar-refractivity contribution in [1.82, 2.24) is 4.90 Å². The first-order valence-electron chi connectivity index (χ1n) is 7.96. The van der Waals surface area contributed by atoms with E-state index in [9.17, 15) is 26.4 Å². The van der Waals surface area contributed by atoms with E-state index in [0.29, 0.717) is 25.0 Å². The first-order valence-corrected chi connectivity index (χ1v) is 10.1. The maximum atomic E-state index is 12.5. The van der Waals surface area contributed by atoms with Crippen LogP contribution in [-0.4, -0.2) is 43.6 Å². The van der Waals surface area contributed by atoms with Gasteiger partial charge in [-0.1, -0.05) is 29.8 Å². The molecule has 0 spiro atoms. The van der Waals surface area contributed by atoms with Crippen LogP contribution in [0.3, 0.4) is 0 Å². The Morgan fingerprint density at radius 1 is 1.25 bits per heavy atom. The van der Waals surface area contributed by atoms with E-state index < -0.39 is 43.1 Å². The molecule has 1 saturated heterocycles. The number of amides is 1. The summed E-state index contributed by atoms with van der Waals surface area (Å²) in [6.07, 6.45) is 1.67. The normalized spacial score (nSPS) is 18.6. The molecule has 1 aliphatic rings. The Morgan fingerprint density at radius 3 is 2.29 bits per heavy atom. The summed E-state index contributed by atoms with van der Waals surface area (Å²) in [5, 5.41) is -1.12. The molecule has 0 unspecified atom stereocenters. The zero-order chi connectivity index (χ0) is 21.9. The molecule has 28 heavy (non-hydrogen) atoms. The van der Waals surface area contributed by atoms with Crippen molar-refractivity contribution in [2.45, 2.75) is 44.7 Å². The van der Waals surface area contributed by atoms with Crippen LogP contribution in [0.1, 0.15) is 33.6 Å². The second-order valence-corrected chi connectivity index (χ2v) is 9.27. The molecular weight excluding hydrogens is 446 g/mol. The molecule has 0 aliphatic carbocycles. The van der Waals surface area contributed by atoms with Crippen molar-refractivity contribution in [1.29, 1.82) is 0 Å². The first-order chi connectivity index (χ1) is 12.5. The van der Waals surface area contributed by atoms with E-state index in [4.69, 9.17) is 27.9 Å². The Labute approximate surface area is 171 Å². The molecule has 6 nitrogen and oxygen atoms in total. The van der Waals surface area contributed by atoms with Crippen LogP contribution in [0.5, 0.6) is 0 Å². The molecule has 12 heteroatoms. The van der Waals surface area contributed by atoms with Gasteiger partial charge in [0.1, 0.15) is 5.60 Å². The number of hydrogen-bond acceptors (Lipinski definition) is 5. The average molecular weight is 466 g/mol. The molecule has 0 saturated carbocycles. The van der Waals surface area contributed by atoms with Crippen LogP contribution >= 0.6 is 23.2 Å². The number of nitrogens with zero attached hydrogens (tertiary/aromatic N) is 1. The van der Waals surface area contributed by atoms with E-state index in [1.54, 1.807) is 20.8 Å². The van der Waals surface area contributed by atoms with E-state index in [1.807, 2.05) is 0 Å². The number of likely N-dealkylation sites (tertiary alicyclic amines) is 1.